The molecule has 112 valence electrons. The van der Waals surface area contributed by atoms with Gasteiger partial charge < -0.3 is 4.57 Å². The lowest BCUT2D eigenvalue weighted by molar-refractivity contribution is 0.0872. The largest absolute Gasteiger partial charge is 0.332 e. The molecule has 0 radical (unpaired) electrons. The van der Waals surface area contributed by atoms with E-state index in [2.05, 4.69) is 29.3 Å². The molecule has 0 spiro atoms. The Labute approximate surface area is 134 Å². The number of halogens is 1. The van der Waals surface area contributed by atoms with Gasteiger partial charge in [-0.1, -0.05) is 35.9 Å². The molecule has 22 heavy (non-hydrogen) atoms. The average Bonchev–Trinajstić information content (AvgIpc) is 3.22. The normalized spacial score (nSPS) is 29.2. The highest BCUT2D eigenvalue weighted by Gasteiger charge is 2.49. The van der Waals surface area contributed by atoms with E-state index in [1.165, 1.54) is 5.56 Å². The molecule has 1 aromatic carbocycles. The molecule has 4 rings (SSSR count). The van der Waals surface area contributed by atoms with Crippen LogP contribution in [0.25, 0.3) is 0 Å². The van der Waals surface area contributed by atoms with Crippen molar-refractivity contribution in [3.8, 4) is 0 Å². The first kappa shape index (κ1) is 13.8. The van der Waals surface area contributed by atoms with Crippen molar-refractivity contribution in [2.45, 2.75) is 12.3 Å². The van der Waals surface area contributed by atoms with Crippen LogP contribution >= 0.6 is 11.6 Å². The van der Waals surface area contributed by atoms with Crippen molar-refractivity contribution in [1.82, 2.24) is 9.55 Å². The molecule has 1 aromatic heterocycles. The molecule has 0 amide bonds. The van der Waals surface area contributed by atoms with Crippen LogP contribution in [0.3, 0.4) is 0 Å². The molecule has 2 aromatic rings. The summed E-state index contributed by atoms with van der Waals surface area (Å²) in [4.78, 5) is 17.3. The number of fused-ring (bicyclic) bond motifs is 2. The first-order valence-electron chi connectivity index (χ1n) is 7.60. The topological polar surface area (TPSA) is 34.9 Å². The Kier molecular flexibility index (Phi) is 3.19. The van der Waals surface area contributed by atoms with Gasteiger partial charge in [-0.2, -0.15) is 0 Å². The SMILES string of the molecule is Cn1ccnc1C(=O)[C@@H]1[C@@H](c2ccc(Cl)cc2)[C@@H]2C=C[C@H]1C2. The lowest BCUT2D eigenvalue weighted by Crippen LogP contribution is -2.28. The Bertz CT molecular complexity index is 747. The number of hydrogen-bond donors (Lipinski definition) is 0. The number of aromatic nitrogens is 2. The Morgan fingerprint density at radius 2 is 1.95 bits per heavy atom. The van der Waals surface area contributed by atoms with Gasteiger partial charge >= 0.3 is 0 Å². The third-order valence-corrected chi connectivity index (χ3v) is 5.31. The molecule has 1 fully saturated rings. The summed E-state index contributed by atoms with van der Waals surface area (Å²) in [5.74, 6) is 1.71. The Morgan fingerprint density at radius 3 is 2.64 bits per heavy atom. The van der Waals surface area contributed by atoms with Crippen molar-refractivity contribution in [2.75, 3.05) is 0 Å². The van der Waals surface area contributed by atoms with Crippen LogP contribution in [-0.4, -0.2) is 15.3 Å². The highest BCUT2D eigenvalue weighted by molar-refractivity contribution is 6.30. The van der Waals surface area contributed by atoms with E-state index in [0.717, 1.165) is 11.4 Å². The van der Waals surface area contributed by atoms with Crippen molar-refractivity contribution in [2.24, 2.45) is 24.8 Å². The molecule has 1 saturated carbocycles. The number of Topliss-reactive ketones (excluding diaryl/α,β-unsaturated/α-hetero) is 1. The molecular formula is C18H17ClN2O. The zero-order chi connectivity index (χ0) is 15.3. The number of benzene rings is 1. The van der Waals surface area contributed by atoms with Crippen molar-refractivity contribution in [1.29, 1.82) is 0 Å². The van der Waals surface area contributed by atoms with E-state index in [1.807, 2.05) is 29.9 Å². The lowest BCUT2D eigenvalue weighted by atomic mass is 9.76. The molecule has 3 nitrogen and oxygen atoms in total. The van der Waals surface area contributed by atoms with Crippen LogP contribution in [-0.2, 0) is 7.05 Å². The molecule has 4 atom stereocenters. The molecule has 0 N–H and O–H groups in total. The number of imidazole rings is 1. The molecule has 2 aliphatic carbocycles. The molecular weight excluding hydrogens is 296 g/mol. The zero-order valence-corrected chi connectivity index (χ0v) is 13.1. The summed E-state index contributed by atoms with van der Waals surface area (Å²) in [6, 6.07) is 7.93. The number of rotatable bonds is 3. The van der Waals surface area contributed by atoms with Gasteiger partial charge in [-0.25, -0.2) is 4.98 Å². The van der Waals surface area contributed by atoms with Gasteiger partial charge in [-0.15, -0.1) is 0 Å². The maximum Gasteiger partial charge on any atom is 0.202 e. The molecule has 2 bridgehead atoms. The van der Waals surface area contributed by atoms with Gasteiger partial charge in [0.1, 0.15) is 0 Å². The van der Waals surface area contributed by atoms with E-state index < -0.39 is 0 Å². The smallest absolute Gasteiger partial charge is 0.202 e. The third-order valence-electron chi connectivity index (χ3n) is 5.06. The quantitative estimate of drug-likeness (QED) is 0.637. The van der Waals surface area contributed by atoms with Crippen LogP contribution in [0.15, 0.2) is 48.8 Å². The van der Waals surface area contributed by atoms with Crippen molar-refractivity contribution >= 4 is 17.4 Å². The summed E-state index contributed by atoms with van der Waals surface area (Å²) in [6.45, 7) is 0. The van der Waals surface area contributed by atoms with Crippen LogP contribution in [0.1, 0.15) is 28.5 Å². The lowest BCUT2D eigenvalue weighted by Gasteiger charge is -2.27. The maximum absolute atomic E-state index is 13.0. The predicted molar refractivity (Wildman–Crippen MR) is 86.0 cm³/mol. The Morgan fingerprint density at radius 1 is 1.23 bits per heavy atom. The summed E-state index contributed by atoms with van der Waals surface area (Å²) < 4.78 is 1.82. The average molecular weight is 313 g/mol. The highest BCUT2D eigenvalue weighted by atomic mass is 35.5. The number of carbonyl (C=O) groups is 1. The van der Waals surface area contributed by atoms with Crippen molar-refractivity contribution in [3.63, 3.8) is 0 Å². The molecule has 2 aliphatic rings. The monoisotopic (exact) mass is 312 g/mol. The zero-order valence-electron chi connectivity index (χ0n) is 12.3. The van der Waals surface area contributed by atoms with Gasteiger partial charge in [-0.3, -0.25) is 4.79 Å². The minimum Gasteiger partial charge on any atom is -0.332 e. The highest BCUT2D eigenvalue weighted by Crippen LogP contribution is 2.53. The number of nitrogens with zero attached hydrogens (tertiary/aromatic N) is 2. The van der Waals surface area contributed by atoms with Gasteiger partial charge in [0, 0.05) is 36.3 Å². The molecule has 0 saturated heterocycles. The number of hydrogen-bond acceptors (Lipinski definition) is 2. The van der Waals surface area contributed by atoms with Crippen molar-refractivity contribution in [3.05, 3.63) is 65.2 Å². The fourth-order valence-corrected chi connectivity index (χ4v) is 4.20. The standard InChI is InChI=1S/C18H17ClN2O/c1-21-9-8-20-18(21)17(22)16-13-3-2-12(10-13)15(16)11-4-6-14(19)7-5-11/h2-9,12-13,15-16H,10H2,1H3/t12-,13+,15+,16+/m1/s1. The van der Waals surface area contributed by atoms with Gasteiger partial charge in [0.25, 0.3) is 0 Å². The number of carbonyl (C=O) groups excluding carboxylic acids is 1. The van der Waals surface area contributed by atoms with E-state index in [0.29, 0.717) is 17.7 Å². The predicted octanol–water partition coefficient (Wildman–Crippen LogP) is 3.86. The van der Waals surface area contributed by atoms with Gasteiger partial charge in [0.05, 0.1) is 0 Å². The summed E-state index contributed by atoms with van der Waals surface area (Å²) in [7, 11) is 1.88. The second-order valence-corrected chi connectivity index (χ2v) is 6.71. The summed E-state index contributed by atoms with van der Waals surface area (Å²) in [6.07, 6.45) is 9.06. The Hall–Kier alpha value is -1.87. The van der Waals surface area contributed by atoms with Crippen LogP contribution < -0.4 is 0 Å². The number of aryl methyl sites for hydroxylation is 1. The number of ketones is 1. The first-order valence-corrected chi connectivity index (χ1v) is 7.98. The molecule has 0 aliphatic heterocycles. The summed E-state index contributed by atoms with van der Waals surface area (Å²) >= 11 is 6.00. The third kappa shape index (κ3) is 2.03. The second kappa shape index (κ2) is 5.10. The second-order valence-electron chi connectivity index (χ2n) is 6.28. The van der Waals surface area contributed by atoms with Crippen LogP contribution in [0, 0.1) is 17.8 Å². The van der Waals surface area contributed by atoms with E-state index >= 15 is 0 Å². The minimum absolute atomic E-state index is 0.0164. The summed E-state index contributed by atoms with van der Waals surface area (Å²) in [5, 5.41) is 0.731. The van der Waals surface area contributed by atoms with Crippen LogP contribution in [0.5, 0.6) is 0 Å². The Balaban J connectivity index is 1.73. The van der Waals surface area contributed by atoms with Crippen LogP contribution in [0.2, 0.25) is 5.02 Å². The van der Waals surface area contributed by atoms with Gasteiger partial charge in [0.2, 0.25) is 5.78 Å². The van der Waals surface area contributed by atoms with Crippen LogP contribution in [0.4, 0.5) is 0 Å². The van der Waals surface area contributed by atoms with E-state index in [9.17, 15) is 4.79 Å². The first-order chi connectivity index (χ1) is 10.6. The maximum atomic E-state index is 13.0. The van der Waals surface area contributed by atoms with Gasteiger partial charge in [-0.05, 0) is 36.0 Å². The number of allylic oxidation sites excluding steroid dienone is 2. The fourth-order valence-electron chi connectivity index (χ4n) is 4.07. The minimum atomic E-state index is -0.0164. The molecule has 0 unspecified atom stereocenters. The van der Waals surface area contributed by atoms with E-state index in [1.54, 1.807) is 6.20 Å². The molecule has 4 heteroatoms. The van der Waals surface area contributed by atoms with E-state index in [-0.39, 0.29) is 17.6 Å². The van der Waals surface area contributed by atoms with Crippen molar-refractivity contribution < 1.29 is 4.79 Å². The van der Waals surface area contributed by atoms with E-state index in [4.69, 9.17) is 11.6 Å². The fraction of sp³-hybridized carbons (Fsp3) is 0.333. The summed E-state index contributed by atoms with van der Waals surface area (Å²) in [5.41, 5.74) is 1.20. The van der Waals surface area contributed by atoms with Gasteiger partial charge in [0.15, 0.2) is 5.82 Å². The molecule has 1 heterocycles.